The van der Waals surface area contributed by atoms with E-state index in [2.05, 4.69) is 4.98 Å². The van der Waals surface area contributed by atoms with Gasteiger partial charge in [0.2, 0.25) is 0 Å². The third kappa shape index (κ3) is 4.95. The fourth-order valence-electron chi connectivity index (χ4n) is 3.99. The van der Waals surface area contributed by atoms with Gasteiger partial charge in [-0.1, -0.05) is 50.2 Å². The number of hydrogen-bond donors (Lipinski definition) is 1. The van der Waals surface area contributed by atoms with Crippen LogP contribution < -0.4 is 4.74 Å². The van der Waals surface area contributed by atoms with Crippen molar-refractivity contribution in [3.63, 3.8) is 0 Å². The summed E-state index contributed by atoms with van der Waals surface area (Å²) in [6.07, 6.45) is 3.57. The molecule has 0 fully saturated rings. The molecule has 1 aliphatic heterocycles. The highest BCUT2D eigenvalue weighted by Crippen LogP contribution is 2.40. The lowest BCUT2D eigenvalue weighted by atomic mass is 9.92. The van der Waals surface area contributed by atoms with Crippen molar-refractivity contribution in [2.45, 2.75) is 32.9 Å². The van der Waals surface area contributed by atoms with E-state index in [0.717, 1.165) is 5.56 Å². The maximum atomic E-state index is 13.1. The number of nitrogens with zero attached hydrogens (tertiary/aromatic N) is 2. The molecule has 1 unspecified atom stereocenters. The fraction of sp³-hybridized carbons (Fsp3) is 0.222. The summed E-state index contributed by atoms with van der Waals surface area (Å²) in [6, 6.07) is 19.6. The molecule has 2 aromatic carbocycles. The first-order chi connectivity index (χ1) is 15.9. The normalized spacial score (nSPS) is 15.9. The summed E-state index contributed by atoms with van der Waals surface area (Å²) in [5.74, 6) is 0.0697. The number of pyridine rings is 1. The van der Waals surface area contributed by atoms with Crippen LogP contribution in [0.5, 0.6) is 11.5 Å². The van der Waals surface area contributed by atoms with Gasteiger partial charge in [0.15, 0.2) is 11.5 Å². The number of amides is 1. The molecule has 168 valence electrons. The molecular weight excluding hydrogens is 416 g/mol. The molecule has 0 aliphatic carbocycles. The molecular formula is C27H26N2O4. The molecule has 6 heteroatoms. The van der Waals surface area contributed by atoms with Crippen LogP contribution in [-0.4, -0.2) is 26.7 Å². The molecule has 33 heavy (non-hydrogen) atoms. The Balaban J connectivity index is 1.73. The van der Waals surface area contributed by atoms with Gasteiger partial charge >= 0.3 is 0 Å². The number of benzene rings is 2. The van der Waals surface area contributed by atoms with Crippen molar-refractivity contribution in [2.24, 2.45) is 5.92 Å². The number of hydrogen-bond acceptors (Lipinski definition) is 5. The number of aliphatic hydroxyl groups is 1. The van der Waals surface area contributed by atoms with Crippen LogP contribution in [0.1, 0.15) is 37.4 Å². The molecule has 1 atom stereocenters. The molecule has 0 bridgehead atoms. The van der Waals surface area contributed by atoms with Gasteiger partial charge in [-0.15, -0.1) is 0 Å². The second kappa shape index (κ2) is 9.69. The average molecular weight is 443 g/mol. The van der Waals surface area contributed by atoms with Gasteiger partial charge in [-0.05, 0) is 47.4 Å². The van der Waals surface area contributed by atoms with E-state index in [1.165, 1.54) is 4.90 Å². The summed E-state index contributed by atoms with van der Waals surface area (Å²) in [7, 11) is 0. The first kappa shape index (κ1) is 22.3. The van der Waals surface area contributed by atoms with Crippen molar-refractivity contribution in [3.05, 3.63) is 102 Å². The van der Waals surface area contributed by atoms with E-state index in [9.17, 15) is 14.7 Å². The second-order valence-electron chi connectivity index (χ2n) is 8.47. The molecule has 4 rings (SSSR count). The van der Waals surface area contributed by atoms with Crippen LogP contribution in [-0.2, 0) is 16.1 Å². The Kier molecular flexibility index (Phi) is 6.54. The lowest BCUT2D eigenvalue weighted by Crippen LogP contribution is -2.30. The van der Waals surface area contributed by atoms with E-state index in [-0.39, 0.29) is 30.2 Å². The van der Waals surface area contributed by atoms with Gasteiger partial charge in [0.1, 0.15) is 11.5 Å². The lowest BCUT2D eigenvalue weighted by molar-refractivity contribution is -0.130. The molecule has 0 saturated heterocycles. The van der Waals surface area contributed by atoms with Crippen molar-refractivity contribution in [1.82, 2.24) is 9.88 Å². The number of aromatic nitrogens is 1. The van der Waals surface area contributed by atoms with Gasteiger partial charge in [0.25, 0.3) is 5.91 Å². The molecule has 1 amide bonds. The Labute approximate surface area is 193 Å². The predicted octanol–water partition coefficient (Wildman–Crippen LogP) is 5.38. The van der Waals surface area contributed by atoms with E-state index < -0.39 is 17.7 Å². The summed E-state index contributed by atoms with van der Waals surface area (Å²) in [6.45, 7) is 4.08. The fourth-order valence-corrected chi connectivity index (χ4v) is 3.99. The Morgan fingerprint density at radius 1 is 1.06 bits per heavy atom. The van der Waals surface area contributed by atoms with Crippen molar-refractivity contribution >= 4 is 11.7 Å². The zero-order valence-electron chi connectivity index (χ0n) is 18.6. The Hall–Kier alpha value is -3.93. The van der Waals surface area contributed by atoms with Crippen molar-refractivity contribution in [1.29, 1.82) is 0 Å². The highest BCUT2D eigenvalue weighted by molar-refractivity contribution is 6.09. The highest BCUT2D eigenvalue weighted by Gasteiger charge is 2.43. The quantitative estimate of drug-likeness (QED) is 0.506. The first-order valence-electron chi connectivity index (χ1n) is 10.9. The summed E-state index contributed by atoms with van der Waals surface area (Å²) < 4.78 is 5.97. The van der Waals surface area contributed by atoms with Crippen LogP contribution in [0.25, 0.3) is 0 Å². The topological polar surface area (TPSA) is 79.7 Å². The molecule has 1 aliphatic rings. The van der Waals surface area contributed by atoms with Gasteiger partial charge in [0.05, 0.1) is 11.6 Å². The molecule has 3 aromatic rings. The zero-order chi connectivity index (χ0) is 23.4. The van der Waals surface area contributed by atoms with Crippen LogP contribution in [0.4, 0.5) is 0 Å². The van der Waals surface area contributed by atoms with Crippen LogP contribution in [0.3, 0.4) is 0 Å². The van der Waals surface area contributed by atoms with Crippen LogP contribution in [0.15, 0.2) is 90.5 Å². The molecule has 0 saturated carbocycles. The van der Waals surface area contributed by atoms with Crippen molar-refractivity contribution < 1.29 is 19.4 Å². The van der Waals surface area contributed by atoms with Crippen molar-refractivity contribution in [2.75, 3.05) is 0 Å². The minimum Gasteiger partial charge on any atom is -0.503 e. The van der Waals surface area contributed by atoms with E-state index in [4.69, 9.17) is 4.74 Å². The van der Waals surface area contributed by atoms with Crippen LogP contribution in [0.2, 0.25) is 0 Å². The maximum absolute atomic E-state index is 13.1. The van der Waals surface area contributed by atoms with E-state index in [0.29, 0.717) is 17.1 Å². The highest BCUT2D eigenvalue weighted by atomic mass is 16.5. The Bertz CT molecular complexity index is 1170. The summed E-state index contributed by atoms with van der Waals surface area (Å²) in [5, 5.41) is 10.7. The minimum atomic E-state index is -0.719. The molecule has 1 N–H and O–H groups in total. The second-order valence-corrected chi connectivity index (χ2v) is 8.47. The molecule has 0 spiro atoms. The van der Waals surface area contributed by atoms with Gasteiger partial charge < -0.3 is 14.7 Å². The van der Waals surface area contributed by atoms with E-state index in [1.807, 2.05) is 74.5 Å². The van der Waals surface area contributed by atoms with E-state index in [1.54, 1.807) is 18.5 Å². The van der Waals surface area contributed by atoms with Crippen LogP contribution in [0, 0.1) is 5.92 Å². The lowest BCUT2D eigenvalue weighted by Gasteiger charge is -2.27. The number of Topliss-reactive ketones (excluding diaryl/α,β-unsaturated/α-hetero) is 1. The standard InChI is InChI=1S/C27H26N2O4/c1-18(2)14-23(30)24-25(29(27(32)26(24)31)17-19-8-7-13-28-16-19)20-9-6-12-22(15-20)33-21-10-4-3-5-11-21/h3-13,15-16,18,25,31H,14,17H2,1-2H3. The third-order valence-corrected chi connectivity index (χ3v) is 5.43. The SMILES string of the molecule is CC(C)CC(=O)C1=C(O)C(=O)N(Cc2cccnc2)C1c1cccc(Oc2ccccc2)c1. The van der Waals surface area contributed by atoms with E-state index >= 15 is 0 Å². The largest absolute Gasteiger partial charge is 0.503 e. The minimum absolute atomic E-state index is 0.0914. The number of rotatable bonds is 8. The molecule has 2 heterocycles. The number of para-hydroxylation sites is 1. The summed E-state index contributed by atoms with van der Waals surface area (Å²) in [5.41, 5.74) is 1.63. The van der Waals surface area contributed by atoms with Gasteiger partial charge in [-0.2, -0.15) is 0 Å². The number of aliphatic hydroxyl groups excluding tert-OH is 1. The smallest absolute Gasteiger partial charge is 0.290 e. The van der Waals surface area contributed by atoms with Crippen molar-refractivity contribution in [3.8, 4) is 11.5 Å². The van der Waals surface area contributed by atoms with Gasteiger partial charge in [0, 0.05) is 25.4 Å². The maximum Gasteiger partial charge on any atom is 0.290 e. The van der Waals surface area contributed by atoms with Gasteiger partial charge in [-0.3, -0.25) is 14.6 Å². The number of carbonyl (C=O) groups excluding carboxylic acids is 2. The Morgan fingerprint density at radius 2 is 1.82 bits per heavy atom. The van der Waals surface area contributed by atoms with Crippen LogP contribution >= 0.6 is 0 Å². The molecule has 6 nitrogen and oxygen atoms in total. The monoisotopic (exact) mass is 442 g/mol. The Morgan fingerprint density at radius 3 is 2.52 bits per heavy atom. The predicted molar refractivity (Wildman–Crippen MR) is 125 cm³/mol. The molecule has 1 aromatic heterocycles. The number of ether oxygens (including phenoxy) is 1. The number of ketones is 1. The number of carbonyl (C=O) groups is 2. The summed E-state index contributed by atoms with van der Waals surface area (Å²) >= 11 is 0. The zero-order valence-corrected chi connectivity index (χ0v) is 18.6. The first-order valence-corrected chi connectivity index (χ1v) is 10.9. The van der Waals surface area contributed by atoms with Gasteiger partial charge in [-0.25, -0.2) is 0 Å². The third-order valence-electron chi connectivity index (χ3n) is 5.43. The molecule has 0 radical (unpaired) electrons. The average Bonchev–Trinajstić information content (AvgIpc) is 3.05. The summed E-state index contributed by atoms with van der Waals surface area (Å²) in [4.78, 5) is 31.9.